The van der Waals surface area contributed by atoms with Crippen molar-refractivity contribution in [2.75, 3.05) is 18.9 Å². The number of sulfonamides is 1. The fourth-order valence-electron chi connectivity index (χ4n) is 3.11. The van der Waals surface area contributed by atoms with E-state index in [4.69, 9.17) is 9.15 Å². The molecule has 3 rings (SSSR count). The van der Waals surface area contributed by atoms with E-state index in [1.165, 1.54) is 0 Å². The third kappa shape index (κ3) is 2.92. The average molecular weight is 299 g/mol. The molecule has 0 bridgehead atoms. The molecule has 2 atom stereocenters. The van der Waals surface area contributed by atoms with Crippen LogP contribution in [0.2, 0.25) is 0 Å². The van der Waals surface area contributed by atoms with Crippen molar-refractivity contribution in [1.82, 2.24) is 4.31 Å². The van der Waals surface area contributed by atoms with Gasteiger partial charge in [-0.15, -0.1) is 0 Å². The van der Waals surface area contributed by atoms with Crippen LogP contribution in [0, 0.1) is 0 Å². The molecule has 1 aromatic rings. The van der Waals surface area contributed by atoms with Crippen LogP contribution in [-0.2, 0) is 14.8 Å². The molecule has 2 aliphatic heterocycles. The van der Waals surface area contributed by atoms with Gasteiger partial charge in [0.15, 0.2) is 0 Å². The highest BCUT2D eigenvalue weighted by Crippen LogP contribution is 2.35. The summed E-state index contributed by atoms with van der Waals surface area (Å²) in [5.74, 6) is 0.847. The largest absolute Gasteiger partial charge is 0.468 e. The van der Waals surface area contributed by atoms with Gasteiger partial charge in [-0.1, -0.05) is 0 Å². The van der Waals surface area contributed by atoms with Gasteiger partial charge in [0.1, 0.15) is 5.76 Å². The zero-order valence-corrected chi connectivity index (χ0v) is 12.3. The first-order valence-corrected chi connectivity index (χ1v) is 8.92. The molecule has 2 saturated heterocycles. The lowest BCUT2D eigenvalue weighted by molar-refractivity contribution is 0.0298. The van der Waals surface area contributed by atoms with Crippen molar-refractivity contribution in [2.45, 2.75) is 44.2 Å². The summed E-state index contributed by atoms with van der Waals surface area (Å²) in [5, 5.41) is 0. The van der Waals surface area contributed by atoms with Gasteiger partial charge in [-0.05, 0) is 44.2 Å². The molecular weight excluding hydrogens is 278 g/mol. The molecule has 3 heterocycles. The number of hydrogen-bond acceptors (Lipinski definition) is 4. The zero-order valence-electron chi connectivity index (χ0n) is 11.5. The summed E-state index contributed by atoms with van der Waals surface area (Å²) in [4.78, 5) is 0. The SMILES string of the molecule is O=S(=O)(C[C@@H]1CCCCO1)N1CCC[C@@H]1c1ccco1. The smallest absolute Gasteiger partial charge is 0.217 e. The third-order valence-electron chi connectivity index (χ3n) is 4.10. The van der Waals surface area contributed by atoms with Gasteiger partial charge in [0.2, 0.25) is 10.0 Å². The summed E-state index contributed by atoms with van der Waals surface area (Å²) < 4.78 is 37.8. The molecular formula is C14H21NO4S. The Bertz CT molecular complexity index is 519. The maximum atomic E-state index is 12.6. The Labute approximate surface area is 119 Å². The van der Waals surface area contributed by atoms with Gasteiger partial charge >= 0.3 is 0 Å². The minimum absolute atomic E-state index is 0.101. The second-order valence-corrected chi connectivity index (χ2v) is 7.52. The highest BCUT2D eigenvalue weighted by molar-refractivity contribution is 7.89. The monoisotopic (exact) mass is 299 g/mol. The standard InChI is InChI=1S/C14H21NO4S/c16-20(17,11-12-5-1-2-9-18-12)15-8-3-6-13(15)14-7-4-10-19-14/h4,7,10,12-13H,1-3,5-6,8-9,11H2/t12-,13+/m0/s1. The lowest BCUT2D eigenvalue weighted by Crippen LogP contribution is -2.38. The zero-order chi connectivity index (χ0) is 14.0. The Morgan fingerprint density at radius 3 is 2.85 bits per heavy atom. The van der Waals surface area contributed by atoms with Crippen LogP contribution in [0.5, 0.6) is 0 Å². The lowest BCUT2D eigenvalue weighted by Gasteiger charge is -2.27. The molecule has 2 fully saturated rings. The van der Waals surface area contributed by atoms with Crippen molar-refractivity contribution >= 4 is 10.0 Å². The number of nitrogens with zero attached hydrogens (tertiary/aromatic N) is 1. The maximum absolute atomic E-state index is 12.6. The van der Waals surface area contributed by atoms with Crippen molar-refractivity contribution < 1.29 is 17.6 Å². The first kappa shape index (κ1) is 14.1. The van der Waals surface area contributed by atoms with Gasteiger partial charge in [-0.2, -0.15) is 4.31 Å². The predicted molar refractivity (Wildman–Crippen MR) is 74.8 cm³/mol. The van der Waals surface area contributed by atoms with Crippen molar-refractivity contribution in [3.63, 3.8) is 0 Å². The predicted octanol–water partition coefficient (Wildman–Crippen LogP) is 2.32. The number of furan rings is 1. The number of hydrogen-bond donors (Lipinski definition) is 0. The molecule has 0 N–H and O–H groups in total. The van der Waals surface area contributed by atoms with Crippen LogP contribution in [0.25, 0.3) is 0 Å². The molecule has 20 heavy (non-hydrogen) atoms. The molecule has 0 saturated carbocycles. The molecule has 0 amide bonds. The van der Waals surface area contributed by atoms with Crippen LogP contribution >= 0.6 is 0 Å². The fourth-order valence-corrected chi connectivity index (χ4v) is 5.04. The fraction of sp³-hybridized carbons (Fsp3) is 0.714. The van der Waals surface area contributed by atoms with E-state index in [9.17, 15) is 8.42 Å². The van der Waals surface area contributed by atoms with Crippen LogP contribution < -0.4 is 0 Å². The third-order valence-corrected chi connectivity index (χ3v) is 6.05. The summed E-state index contributed by atoms with van der Waals surface area (Å²) in [6, 6.07) is 3.52. The maximum Gasteiger partial charge on any atom is 0.217 e. The van der Waals surface area contributed by atoms with Crippen molar-refractivity contribution in [3.8, 4) is 0 Å². The van der Waals surface area contributed by atoms with Gasteiger partial charge in [0.05, 0.1) is 24.2 Å². The second-order valence-electron chi connectivity index (χ2n) is 5.55. The Balaban J connectivity index is 1.72. The van der Waals surface area contributed by atoms with E-state index >= 15 is 0 Å². The topological polar surface area (TPSA) is 59.8 Å². The molecule has 6 heteroatoms. The van der Waals surface area contributed by atoms with E-state index in [0.717, 1.165) is 37.9 Å². The highest BCUT2D eigenvalue weighted by atomic mass is 32.2. The Morgan fingerprint density at radius 2 is 2.15 bits per heavy atom. The molecule has 0 spiro atoms. The van der Waals surface area contributed by atoms with E-state index in [0.29, 0.717) is 13.2 Å². The summed E-state index contributed by atoms with van der Waals surface area (Å²) >= 11 is 0. The first-order chi connectivity index (χ1) is 9.67. The van der Waals surface area contributed by atoms with Crippen LogP contribution in [0.1, 0.15) is 43.9 Å². The van der Waals surface area contributed by atoms with Crippen molar-refractivity contribution in [3.05, 3.63) is 24.2 Å². The molecule has 0 aromatic carbocycles. The average Bonchev–Trinajstić information content (AvgIpc) is 3.10. The summed E-state index contributed by atoms with van der Waals surface area (Å²) in [6.45, 7) is 1.27. The van der Waals surface area contributed by atoms with E-state index in [-0.39, 0.29) is 17.9 Å². The number of ether oxygens (including phenoxy) is 1. The normalized spacial score (nSPS) is 28.8. The summed E-state index contributed by atoms with van der Waals surface area (Å²) in [7, 11) is -3.29. The van der Waals surface area contributed by atoms with Crippen LogP contribution in [0.15, 0.2) is 22.8 Å². The Kier molecular flexibility index (Phi) is 4.14. The molecule has 112 valence electrons. The van der Waals surface area contributed by atoms with Crippen LogP contribution in [-0.4, -0.2) is 37.7 Å². The molecule has 0 radical (unpaired) electrons. The molecule has 5 nitrogen and oxygen atoms in total. The van der Waals surface area contributed by atoms with E-state index < -0.39 is 10.0 Å². The highest BCUT2D eigenvalue weighted by Gasteiger charge is 2.38. The Morgan fingerprint density at radius 1 is 1.25 bits per heavy atom. The van der Waals surface area contributed by atoms with Gasteiger partial charge in [-0.25, -0.2) is 8.42 Å². The van der Waals surface area contributed by atoms with Gasteiger partial charge in [0.25, 0.3) is 0 Å². The lowest BCUT2D eigenvalue weighted by atomic mass is 10.1. The number of rotatable bonds is 4. The van der Waals surface area contributed by atoms with Gasteiger partial charge in [-0.3, -0.25) is 0 Å². The van der Waals surface area contributed by atoms with Gasteiger partial charge in [0, 0.05) is 13.2 Å². The second kappa shape index (κ2) is 5.87. The van der Waals surface area contributed by atoms with E-state index in [1.54, 1.807) is 10.6 Å². The quantitative estimate of drug-likeness (QED) is 0.856. The van der Waals surface area contributed by atoms with Gasteiger partial charge < -0.3 is 9.15 Å². The van der Waals surface area contributed by atoms with Crippen LogP contribution in [0.4, 0.5) is 0 Å². The van der Waals surface area contributed by atoms with Crippen molar-refractivity contribution in [2.24, 2.45) is 0 Å². The summed E-state index contributed by atoms with van der Waals surface area (Å²) in [6.07, 6.45) is 6.11. The van der Waals surface area contributed by atoms with Crippen molar-refractivity contribution in [1.29, 1.82) is 0 Å². The molecule has 2 aliphatic rings. The molecule has 0 unspecified atom stereocenters. The van der Waals surface area contributed by atoms with E-state index in [1.807, 2.05) is 12.1 Å². The minimum atomic E-state index is -3.29. The summed E-state index contributed by atoms with van der Waals surface area (Å²) in [5.41, 5.74) is 0. The molecule has 0 aliphatic carbocycles. The van der Waals surface area contributed by atoms with E-state index in [2.05, 4.69) is 0 Å². The molecule has 1 aromatic heterocycles. The Hall–Kier alpha value is -0.850. The first-order valence-electron chi connectivity index (χ1n) is 7.31. The van der Waals surface area contributed by atoms with Crippen LogP contribution in [0.3, 0.4) is 0 Å². The minimum Gasteiger partial charge on any atom is -0.468 e.